The molecule has 0 amide bonds. The minimum atomic E-state index is 0.140. The summed E-state index contributed by atoms with van der Waals surface area (Å²) in [5.41, 5.74) is 12.6. The molecule has 0 saturated heterocycles. The second kappa shape index (κ2) is 4.33. The van der Waals surface area contributed by atoms with Gasteiger partial charge in [0.2, 0.25) is 11.9 Å². The van der Waals surface area contributed by atoms with Crippen LogP contribution in [0.1, 0.15) is 6.92 Å². The fraction of sp³-hybridized carbons (Fsp3) is 0.200. The first kappa shape index (κ1) is 12.1. The molecule has 0 aliphatic rings. The number of aryl methyl sites for hydroxylation is 1. The summed E-state index contributed by atoms with van der Waals surface area (Å²) in [4.78, 5) is 12.6. The predicted octanol–water partition coefficient (Wildman–Crippen LogP) is 0.801. The molecule has 0 bridgehead atoms. The van der Waals surface area contributed by atoms with E-state index in [1.54, 1.807) is 10.9 Å². The number of anilines is 2. The van der Waals surface area contributed by atoms with Gasteiger partial charge in [0.05, 0.1) is 9.77 Å². The van der Waals surface area contributed by atoms with Crippen molar-refractivity contribution in [2.45, 2.75) is 13.5 Å². The Kier molecular flexibility index (Phi) is 2.77. The SMILES string of the molecule is CCn1c(-n2cc(I)cn2)nc2c(N)nc(N)nc21. The molecule has 98 valence electrons. The van der Waals surface area contributed by atoms with Crippen molar-refractivity contribution in [1.82, 2.24) is 29.3 Å². The third kappa shape index (κ3) is 1.89. The van der Waals surface area contributed by atoms with E-state index in [-0.39, 0.29) is 11.8 Å². The number of nitrogens with two attached hydrogens (primary N) is 2. The van der Waals surface area contributed by atoms with Crippen LogP contribution < -0.4 is 11.5 Å². The van der Waals surface area contributed by atoms with Crippen molar-refractivity contribution in [1.29, 1.82) is 0 Å². The quantitative estimate of drug-likeness (QED) is 0.646. The van der Waals surface area contributed by atoms with Gasteiger partial charge in [-0.25, -0.2) is 9.67 Å². The molecule has 0 aliphatic carbocycles. The molecular weight excluding hydrogens is 359 g/mol. The van der Waals surface area contributed by atoms with Gasteiger partial charge in [0, 0.05) is 12.7 Å². The Hall–Kier alpha value is -1.91. The van der Waals surface area contributed by atoms with Gasteiger partial charge in [-0.15, -0.1) is 0 Å². The molecule has 0 spiro atoms. The zero-order chi connectivity index (χ0) is 13.6. The highest BCUT2D eigenvalue weighted by Crippen LogP contribution is 2.22. The Morgan fingerprint density at radius 3 is 2.68 bits per heavy atom. The van der Waals surface area contributed by atoms with E-state index in [1.165, 1.54) is 0 Å². The highest BCUT2D eigenvalue weighted by atomic mass is 127. The molecule has 0 unspecified atom stereocenters. The Bertz CT molecular complexity index is 758. The summed E-state index contributed by atoms with van der Waals surface area (Å²) in [5, 5.41) is 4.25. The lowest BCUT2D eigenvalue weighted by Gasteiger charge is -2.04. The normalized spacial score (nSPS) is 11.3. The molecule has 0 radical (unpaired) electrons. The standard InChI is InChI=1S/C10H11IN8/c1-2-18-8-6(7(12)16-9(13)17-8)15-10(18)19-4-5(11)3-14-19/h3-4H,2H2,1H3,(H4,12,13,16,17). The van der Waals surface area contributed by atoms with Gasteiger partial charge in [-0.3, -0.25) is 4.57 Å². The maximum Gasteiger partial charge on any atom is 0.233 e. The first-order valence-corrected chi connectivity index (χ1v) is 6.67. The van der Waals surface area contributed by atoms with E-state index in [2.05, 4.69) is 42.6 Å². The Morgan fingerprint density at radius 1 is 1.26 bits per heavy atom. The van der Waals surface area contributed by atoms with Crippen LogP contribution in [0.5, 0.6) is 0 Å². The zero-order valence-electron chi connectivity index (χ0n) is 10.1. The molecule has 0 fully saturated rings. The zero-order valence-corrected chi connectivity index (χ0v) is 12.2. The minimum absolute atomic E-state index is 0.140. The van der Waals surface area contributed by atoms with Gasteiger partial charge in [0.1, 0.15) is 0 Å². The highest BCUT2D eigenvalue weighted by Gasteiger charge is 2.16. The third-order valence-electron chi connectivity index (χ3n) is 2.69. The van der Waals surface area contributed by atoms with E-state index in [0.717, 1.165) is 3.57 Å². The summed E-state index contributed by atoms with van der Waals surface area (Å²) in [6, 6.07) is 0. The van der Waals surface area contributed by atoms with Crippen molar-refractivity contribution in [2.75, 3.05) is 11.5 Å². The van der Waals surface area contributed by atoms with Gasteiger partial charge in [-0.05, 0) is 29.5 Å². The highest BCUT2D eigenvalue weighted by molar-refractivity contribution is 14.1. The summed E-state index contributed by atoms with van der Waals surface area (Å²) >= 11 is 2.19. The van der Waals surface area contributed by atoms with Crippen molar-refractivity contribution in [3.05, 3.63) is 16.0 Å². The number of aromatic nitrogens is 6. The van der Waals surface area contributed by atoms with Gasteiger partial charge >= 0.3 is 0 Å². The first-order valence-electron chi connectivity index (χ1n) is 5.60. The van der Waals surface area contributed by atoms with E-state index in [9.17, 15) is 0 Å². The lowest BCUT2D eigenvalue weighted by atomic mass is 10.5. The number of halogens is 1. The number of imidazole rings is 1. The monoisotopic (exact) mass is 370 g/mol. The average molecular weight is 370 g/mol. The molecule has 19 heavy (non-hydrogen) atoms. The number of hydrogen-bond donors (Lipinski definition) is 2. The van der Waals surface area contributed by atoms with Crippen molar-refractivity contribution in [3.8, 4) is 5.95 Å². The largest absolute Gasteiger partial charge is 0.382 e. The van der Waals surface area contributed by atoms with Gasteiger partial charge in [-0.2, -0.15) is 15.1 Å². The number of nitrogen functional groups attached to an aromatic ring is 2. The molecule has 0 saturated carbocycles. The lowest BCUT2D eigenvalue weighted by molar-refractivity contribution is 0.697. The second-order valence-corrected chi connectivity index (χ2v) is 5.14. The summed E-state index contributed by atoms with van der Waals surface area (Å²) in [6.07, 6.45) is 3.63. The predicted molar refractivity (Wildman–Crippen MR) is 79.7 cm³/mol. The fourth-order valence-corrected chi connectivity index (χ4v) is 2.29. The summed E-state index contributed by atoms with van der Waals surface area (Å²) < 4.78 is 4.60. The number of fused-ring (bicyclic) bond motifs is 1. The smallest absolute Gasteiger partial charge is 0.233 e. The van der Waals surface area contributed by atoms with Gasteiger partial charge in [-0.1, -0.05) is 0 Å². The van der Waals surface area contributed by atoms with Crippen LogP contribution in [0.25, 0.3) is 17.1 Å². The van der Waals surface area contributed by atoms with Crippen LogP contribution >= 0.6 is 22.6 Å². The molecular formula is C10H11IN8. The van der Waals surface area contributed by atoms with E-state index in [4.69, 9.17) is 11.5 Å². The molecule has 0 aliphatic heterocycles. The first-order chi connectivity index (χ1) is 9.10. The molecule has 3 rings (SSSR count). The third-order valence-corrected chi connectivity index (χ3v) is 3.25. The second-order valence-electron chi connectivity index (χ2n) is 3.90. The topological polar surface area (TPSA) is 113 Å². The van der Waals surface area contributed by atoms with Crippen molar-refractivity contribution >= 4 is 45.5 Å². The molecule has 8 nitrogen and oxygen atoms in total. The van der Waals surface area contributed by atoms with Gasteiger partial charge in [0.15, 0.2) is 17.0 Å². The molecule has 3 aromatic rings. The average Bonchev–Trinajstić information content (AvgIpc) is 2.92. The van der Waals surface area contributed by atoms with Crippen LogP contribution in [0.3, 0.4) is 0 Å². The van der Waals surface area contributed by atoms with E-state index in [1.807, 2.05) is 17.7 Å². The number of hydrogen-bond acceptors (Lipinski definition) is 6. The lowest BCUT2D eigenvalue weighted by Crippen LogP contribution is -2.07. The van der Waals surface area contributed by atoms with Crippen LogP contribution in [-0.2, 0) is 6.54 Å². The van der Waals surface area contributed by atoms with Crippen molar-refractivity contribution < 1.29 is 0 Å². The maximum absolute atomic E-state index is 5.84. The fourth-order valence-electron chi connectivity index (χ4n) is 1.90. The number of nitrogens with zero attached hydrogens (tertiary/aromatic N) is 6. The molecule has 4 N–H and O–H groups in total. The molecule has 3 aromatic heterocycles. The van der Waals surface area contributed by atoms with Crippen LogP contribution in [0.2, 0.25) is 0 Å². The summed E-state index contributed by atoms with van der Waals surface area (Å²) in [6.45, 7) is 2.67. The Balaban J connectivity index is 2.34. The van der Waals surface area contributed by atoms with Crippen molar-refractivity contribution in [3.63, 3.8) is 0 Å². The molecule has 9 heteroatoms. The van der Waals surface area contributed by atoms with Gasteiger partial charge < -0.3 is 11.5 Å². The van der Waals surface area contributed by atoms with Crippen LogP contribution in [0, 0.1) is 3.57 Å². The van der Waals surface area contributed by atoms with E-state index in [0.29, 0.717) is 23.7 Å². The van der Waals surface area contributed by atoms with E-state index >= 15 is 0 Å². The summed E-state index contributed by atoms with van der Waals surface area (Å²) in [7, 11) is 0. The Morgan fingerprint density at radius 2 is 2.05 bits per heavy atom. The molecule has 3 heterocycles. The van der Waals surface area contributed by atoms with Crippen LogP contribution in [0.15, 0.2) is 12.4 Å². The molecule has 0 aromatic carbocycles. The maximum atomic E-state index is 5.84. The van der Waals surface area contributed by atoms with Crippen LogP contribution in [-0.4, -0.2) is 29.3 Å². The van der Waals surface area contributed by atoms with E-state index < -0.39 is 0 Å². The summed E-state index contributed by atoms with van der Waals surface area (Å²) in [5.74, 6) is 1.06. The van der Waals surface area contributed by atoms with Crippen LogP contribution in [0.4, 0.5) is 11.8 Å². The van der Waals surface area contributed by atoms with Gasteiger partial charge in [0.25, 0.3) is 0 Å². The number of rotatable bonds is 2. The minimum Gasteiger partial charge on any atom is -0.382 e. The van der Waals surface area contributed by atoms with Crippen molar-refractivity contribution in [2.24, 2.45) is 0 Å². The molecule has 0 atom stereocenters. The Labute approximate surface area is 122 Å².